The lowest BCUT2D eigenvalue weighted by Gasteiger charge is -2.41. The molecule has 0 radical (unpaired) electrons. The van der Waals surface area contributed by atoms with Crippen LogP contribution in [0.2, 0.25) is 0 Å². The Morgan fingerprint density at radius 3 is 2.71 bits per heavy atom. The summed E-state index contributed by atoms with van der Waals surface area (Å²) in [6, 6.07) is 10.4. The summed E-state index contributed by atoms with van der Waals surface area (Å²) in [6.45, 7) is 7.24. The van der Waals surface area contributed by atoms with E-state index in [1.807, 2.05) is 0 Å². The van der Waals surface area contributed by atoms with Crippen LogP contribution in [-0.2, 0) is 6.42 Å². The first-order valence-corrected chi connectivity index (χ1v) is 8.99. The number of nitrogens with one attached hydrogen (secondary N) is 1. The van der Waals surface area contributed by atoms with Crippen LogP contribution in [-0.4, -0.2) is 6.04 Å². The van der Waals surface area contributed by atoms with Crippen LogP contribution in [0.25, 0.3) is 0 Å². The molecule has 4 unspecified atom stereocenters. The minimum atomic E-state index is 0.589. The Morgan fingerprint density at radius 2 is 1.90 bits per heavy atom. The molecule has 3 rings (SSSR count). The van der Waals surface area contributed by atoms with E-state index in [2.05, 4.69) is 50.4 Å². The van der Waals surface area contributed by atoms with Crippen LogP contribution in [0.3, 0.4) is 0 Å². The first-order chi connectivity index (χ1) is 10.1. The fourth-order valence-electron chi connectivity index (χ4n) is 4.58. The molecule has 1 aromatic carbocycles. The van der Waals surface area contributed by atoms with E-state index in [1.54, 1.807) is 11.1 Å². The lowest BCUT2D eigenvalue weighted by Crippen LogP contribution is -2.45. The van der Waals surface area contributed by atoms with Crippen molar-refractivity contribution in [3.8, 4) is 0 Å². The van der Waals surface area contributed by atoms with Crippen LogP contribution < -0.4 is 5.32 Å². The van der Waals surface area contributed by atoms with Gasteiger partial charge in [-0.2, -0.15) is 0 Å². The van der Waals surface area contributed by atoms with Crippen molar-refractivity contribution in [2.45, 2.75) is 71.4 Å². The predicted octanol–water partition coefficient (Wildman–Crippen LogP) is 5.11. The second kappa shape index (κ2) is 6.52. The summed E-state index contributed by atoms with van der Waals surface area (Å²) in [5.74, 6) is 2.54. The lowest BCUT2D eigenvalue weighted by molar-refractivity contribution is 0.155. The Kier molecular flexibility index (Phi) is 4.69. The van der Waals surface area contributed by atoms with Crippen LogP contribution in [0, 0.1) is 17.8 Å². The second-order valence-corrected chi connectivity index (χ2v) is 7.74. The number of hydrogen-bond acceptors (Lipinski definition) is 1. The number of fused-ring (bicyclic) bond motifs is 1. The highest BCUT2D eigenvalue weighted by Crippen LogP contribution is 2.37. The molecule has 2 aliphatic carbocycles. The molecule has 0 saturated heterocycles. The summed E-state index contributed by atoms with van der Waals surface area (Å²) < 4.78 is 0. The molecule has 0 spiro atoms. The summed E-state index contributed by atoms with van der Waals surface area (Å²) in [5, 5.41) is 4.08. The molecular weight excluding hydrogens is 254 g/mol. The molecule has 0 aromatic heterocycles. The van der Waals surface area contributed by atoms with E-state index < -0.39 is 0 Å². The summed E-state index contributed by atoms with van der Waals surface area (Å²) >= 11 is 0. The molecular formula is C20H31N. The van der Waals surface area contributed by atoms with Gasteiger partial charge in [0.2, 0.25) is 0 Å². The van der Waals surface area contributed by atoms with Gasteiger partial charge in [-0.3, -0.25) is 0 Å². The molecule has 4 atom stereocenters. The van der Waals surface area contributed by atoms with E-state index in [-0.39, 0.29) is 0 Å². The lowest BCUT2D eigenvalue weighted by atomic mass is 9.73. The van der Waals surface area contributed by atoms with Crippen molar-refractivity contribution < 1.29 is 0 Å². The fourth-order valence-corrected chi connectivity index (χ4v) is 4.58. The van der Waals surface area contributed by atoms with Crippen molar-refractivity contribution in [2.24, 2.45) is 17.8 Å². The van der Waals surface area contributed by atoms with Gasteiger partial charge in [0, 0.05) is 12.1 Å². The molecule has 0 heterocycles. The maximum atomic E-state index is 4.08. The molecule has 1 aromatic rings. The highest BCUT2D eigenvalue weighted by atomic mass is 15.0. The van der Waals surface area contributed by atoms with Gasteiger partial charge in [0.15, 0.2) is 0 Å². The van der Waals surface area contributed by atoms with Crippen molar-refractivity contribution >= 4 is 0 Å². The summed E-state index contributed by atoms with van der Waals surface area (Å²) in [5.41, 5.74) is 3.15. The molecule has 0 aliphatic heterocycles. The zero-order valence-electron chi connectivity index (χ0n) is 13.9. The van der Waals surface area contributed by atoms with Gasteiger partial charge in [-0.25, -0.2) is 0 Å². The van der Waals surface area contributed by atoms with Crippen molar-refractivity contribution in [2.75, 3.05) is 0 Å². The minimum Gasteiger partial charge on any atom is -0.307 e. The van der Waals surface area contributed by atoms with Gasteiger partial charge in [0.05, 0.1) is 0 Å². The minimum absolute atomic E-state index is 0.589. The molecule has 1 N–H and O–H groups in total. The van der Waals surface area contributed by atoms with Crippen LogP contribution >= 0.6 is 0 Å². The fraction of sp³-hybridized carbons (Fsp3) is 0.700. The van der Waals surface area contributed by atoms with E-state index in [0.717, 1.165) is 17.8 Å². The topological polar surface area (TPSA) is 12.0 Å². The van der Waals surface area contributed by atoms with E-state index >= 15 is 0 Å². The molecule has 0 bridgehead atoms. The quantitative estimate of drug-likeness (QED) is 0.813. The zero-order chi connectivity index (χ0) is 14.8. The number of benzene rings is 1. The number of rotatable bonds is 3. The van der Waals surface area contributed by atoms with E-state index in [1.165, 1.54) is 38.5 Å². The maximum absolute atomic E-state index is 4.08. The Morgan fingerprint density at radius 1 is 1.10 bits per heavy atom. The SMILES string of the molecule is CC1CCC(C(C)C)C(NC2CCCc3ccccc32)C1. The number of hydrogen-bond donors (Lipinski definition) is 1. The van der Waals surface area contributed by atoms with Crippen LogP contribution in [0.4, 0.5) is 0 Å². The molecule has 1 saturated carbocycles. The van der Waals surface area contributed by atoms with Gasteiger partial charge in [0.1, 0.15) is 0 Å². The van der Waals surface area contributed by atoms with E-state index in [9.17, 15) is 0 Å². The van der Waals surface area contributed by atoms with Gasteiger partial charge in [-0.05, 0) is 61.0 Å². The molecule has 1 nitrogen and oxygen atoms in total. The van der Waals surface area contributed by atoms with Gasteiger partial charge in [-0.1, -0.05) is 51.5 Å². The highest BCUT2D eigenvalue weighted by Gasteiger charge is 2.33. The van der Waals surface area contributed by atoms with Crippen LogP contribution in [0.5, 0.6) is 0 Å². The first kappa shape index (κ1) is 15.1. The monoisotopic (exact) mass is 285 g/mol. The predicted molar refractivity (Wildman–Crippen MR) is 90.4 cm³/mol. The average molecular weight is 285 g/mol. The number of aryl methyl sites for hydroxylation is 1. The average Bonchev–Trinajstić information content (AvgIpc) is 2.47. The van der Waals surface area contributed by atoms with Crippen molar-refractivity contribution in [1.82, 2.24) is 5.32 Å². The van der Waals surface area contributed by atoms with Gasteiger partial charge in [-0.15, -0.1) is 0 Å². The maximum Gasteiger partial charge on any atom is 0.0325 e. The van der Waals surface area contributed by atoms with E-state index in [4.69, 9.17) is 0 Å². The summed E-state index contributed by atoms with van der Waals surface area (Å²) in [4.78, 5) is 0. The smallest absolute Gasteiger partial charge is 0.0325 e. The van der Waals surface area contributed by atoms with E-state index in [0.29, 0.717) is 12.1 Å². The largest absolute Gasteiger partial charge is 0.307 e. The summed E-state index contributed by atoms with van der Waals surface area (Å²) in [6.07, 6.45) is 8.10. The normalized spacial score (nSPS) is 33.0. The molecule has 1 heteroatoms. The molecule has 1 fully saturated rings. The molecule has 116 valence electrons. The van der Waals surface area contributed by atoms with Crippen molar-refractivity contribution in [1.29, 1.82) is 0 Å². The van der Waals surface area contributed by atoms with Crippen LogP contribution in [0.1, 0.15) is 70.0 Å². The second-order valence-electron chi connectivity index (χ2n) is 7.74. The standard InChI is InChI=1S/C20H31N/c1-14(2)17-12-11-15(3)13-20(17)21-19-10-6-8-16-7-4-5-9-18(16)19/h4-5,7,9,14-15,17,19-21H,6,8,10-13H2,1-3H3. The Bertz CT molecular complexity index is 465. The molecule has 21 heavy (non-hydrogen) atoms. The first-order valence-electron chi connectivity index (χ1n) is 8.99. The Labute approximate surface area is 130 Å². The molecule has 0 amide bonds. The third kappa shape index (κ3) is 3.34. The van der Waals surface area contributed by atoms with Crippen LogP contribution in [0.15, 0.2) is 24.3 Å². The third-order valence-electron chi connectivity index (χ3n) is 5.81. The van der Waals surface area contributed by atoms with Gasteiger partial charge < -0.3 is 5.32 Å². The summed E-state index contributed by atoms with van der Waals surface area (Å²) in [7, 11) is 0. The highest BCUT2D eigenvalue weighted by molar-refractivity contribution is 5.32. The van der Waals surface area contributed by atoms with Gasteiger partial charge in [0.25, 0.3) is 0 Å². The Balaban J connectivity index is 1.76. The zero-order valence-corrected chi connectivity index (χ0v) is 13.9. The van der Waals surface area contributed by atoms with Gasteiger partial charge >= 0.3 is 0 Å². The third-order valence-corrected chi connectivity index (χ3v) is 5.81. The van der Waals surface area contributed by atoms with Crippen molar-refractivity contribution in [3.05, 3.63) is 35.4 Å². The molecule has 2 aliphatic rings. The van der Waals surface area contributed by atoms with Crippen molar-refractivity contribution in [3.63, 3.8) is 0 Å². The Hall–Kier alpha value is -0.820.